The average Bonchev–Trinajstić information content (AvgIpc) is 2.60. The molecular formula is C13H17NO3. The van der Waals surface area contributed by atoms with Crippen LogP contribution in [0.3, 0.4) is 0 Å². The van der Waals surface area contributed by atoms with Crippen LogP contribution < -0.4 is 14.8 Å². The van der Waals surface area contributed by atoms with E-state index in [1.165, 1.54) is 0 Å². The molecule has 0 saturated heterocycles. The molecule has 0 fully saturated rings. The Morgan fingerprint density at radius 2 is 2.06 bits per heavy atom. The van der Waals surface area contributed by atoms with E-state index in [0.29, 0.717) is 31.1 Å². The van der Waals surface area contributed by atoms with Crippen LogP contribution in [-0.4, -0.2) is 25.7 Å². The number of rotatable bonds is 3. The third kappa shape index (κ3) is 2.90. The normalized spacial score (nSPS) is 13.9. The molecule has 1 aliphatic heterocycles. The lowest BCUT2D eigenvalue weighted by atomic mass is 10.2. The number of carbonyl (C=O) groups is 1. The molecule has 1 aliphatic rings. The van der Waals surface area contributed by atoms with E-state index in [1.54, 1.807) is 18.2 Å². The number of benzene rings is 1. The number of amides is 1. The van der Waals surface area contributed by atoms with Crippen molar-refractivity contribution in [1.29, 1.82) is 0 Å². The van der Waals surface area contributed by atoms with E-state index in [1.807, 2.05) is 6.92 Å². The third-order valence-corrected chi connectivity index (χ3v) is 2.55. The van der Waals surface area contributed by atoms with Crippen molar-refractivity contribution in [1.82, 2.24) is 5.32 Å². The number of hydrogen-bond acceptors (Lipinski definition) is 3. The lowest BCUT2D eigenvalue weighted by Gasteiger charge is -2.09. The molecule has 1 aromatic carbocycles. The zero-order chi connectivity index (χ0) is 12.1. The maximum absolute atomic E-state index is 11.8. The minimum atomic E-state index is -0.0671. The fourth-order valence-corrected chi connectivity index (χ4v) is 1.65. The van der Waals surface area contributed by atoms with Gasteiger partial charge in [0.1, 0.15) is 0 Å². The van der Waals surface area contributed by atoms with Gasteiger partial charge in [-0.15, -0.1) is 0 Å². The van der Waals surface area contributed by atoms with Crippen LogP contribution in [0.2, 0.25) is 0 Å². The second-order valence-electron chi connectivity index (χ2n) is 3.97. The minimum Gasteiger partial charge on any atom is -0.490 e. The summed E-state index contributed by atoms with van der Waals surface area (Å²) in [5.74, 6) is 1.31. The van der Waals surface area contributed by atoms with Crippen LogP contribution >= 0.6 is 0 Å². The highest BCUT2D eigenvalue weighted by Crippen LogP contribution is 2.30. The van der Waals surface area contributed by atoms with E-state index >= 15 is 0 Å². The molecule has 1 N–H and O–H groups in total. The predicted octanol–water partition coefficient (Wildman–Crippen LogP) is 1.99. The Bertz CT molecular complexity index is 404. The first-order valence-electron chi connectivity index (χ1n) is 5.99. The Balaban J connectivity index is 2.14. The molecule has 1 heterocycles. The molecular weight excluding hydrogens is 218 g/mol. The summed E-state index contributed by atoms with van der Waals surface area (Å²) in [6.07, 6.45) is 1.79. The van der Waals surface area contributed by atoms with Gasteiger partial charge in [-0.3, -0.25) is 4.79 Å². The summed E-state index contributed by atoms with van der Waals surface area (Å²) in [6, 6.07) is 5.30. The van der Waals surface area contributed by atoms with E-state index < -0.39 is 0 Å². The molecule has 0 radical (unpaired) electrons. The van der Waals surface area contributed by atoms with E-state index in [2.05, 4.69) is 5.32 Å². The van der Waals surface area contributed by atoms with Crippen molar-refractivity contribution in [2.24, 2.45) is 0 Å². The lowest BCUT2D eigenvalue weighted by molar-refractivity contribution is 0.0953. The van der Waals surface area contributed by atoms with Crippen molar-refractivity contribution in [3.05, 3.63) is 23.8 Å². The highest BCUT2D eigenvalue weighted by molar-refractivity contribution is 5.94. The van der Waals surface area contributed by atoms with Gasteiger partial charge in [-0.25, -0.2) is 0 Å². The topological polar surface area (TPSA) is 47.6 Å². The predicted molar refractivity (Wildman–Crippen MR) is 64.7 cm³/mol. The Morgan fingerprint density at radius 1 is 1.29 bits per heavy atom. The summed E-state index contributed by atoms with van der Waals surface area (Å²) in [4.78, 5) is 11.8. The number of fused-ring (bicyclic) bond motifs is 1. The smallest absolute Gasteiger partial charge is 0.251 e. The van der Waals surface area contributed by atoms with E-state index in [-0.39, 0.29) is 5.91 Å². The molecule has 0 aliphatic carbocycles. The van der Waals surface area contributed by atoms with Crippen LogP contribution in [0.5, 0.6) is 11.5 Å². The largest absolute Gasteiger partial charge is 0.490 e. The van der Waals surface area contributed by atoms with Crippen LogP contribution in [0.1, 0.15) is 30.1 Å². The molecule has 0 spiro atoms. The molecule has 0 bridgehead atoms. The number of ether oxygens (including phenoxy) is 2. The van der Waals surface area contributed by atoms with Gasteiger partial charge in [0.2, 0.25) is 0 Å². The van der Waals surface area contributed by atoms with Gasteiger partial charge in [0.15, 0.2) is 11.5 Å². The zero-order valence-corrected chi connectivity index (χ0v) is 9.99. The third-order valence-electron chi connectivity index (χ3n) is 2.55. The van der Waals surface area contributed by atoms with E-state index in [9.17, 15) is 4.79 Å². The molecule has 0 saturated carbocycles. The first kappa shape index (κ1) is 11.8. The monoisotopic (exact) mass is 235 g/mol. The van der Waals surface area contributed by atoms with Gasteiger partial charge in [0.25, 0.3) is 5.91 Å². The van der Waals surface area contributed by atoms with Crippen molar-refractivity contribution in [3.8, 4) is 11.5 Å². The van der Waals surface area contributed by atoms with Gasteiger partial charge in [-0.1, -0.05) is 6.92 Å². The zero-order valence-electron chi connectivity index (χ0n) is 9.99. The van der Waals surface area contributed by atoms with Gasteiger partial charge < -0.3 is 14.8 Å². The number of hydrogen-bond donors (Lipinski definition) is 1. The van der Waals surface area contributed by atoms with Crippen LogP contribution in [0.25, 0.3) is 0 Å². The van der Waals surface area contributed by atoms with Gasteiger partial charge >= 0.3 is 0 Å². The number of nitrogens with one attached hydrogen (secondary N) is 1. The molecule has 0 aromatic heterocycles. The Morgan fingerprint density at radius 3 is 2.82 bits per heavy atom. The van der Waals surface area contributed by atoms with Crippen molar-refractivity contribution in [2.45, 2.75) is 19.8 Å². The summed E-state index contributed by atoms with van der Waals surface area (Å²) in [6.45, 7) is 4.00. The SMILES string of the molecule is CCCNC(=O)c1ccc2c(c1)OCCCO2. The van der Waals surface area contributed by atoms with Gasteiger partial charge in [0.05, 0.1) is 13.2 Å². The first-order chi connectivity index (χ1) is 8.31. The summed E-state index contributed by atoms with van der Waals surface area (Å²) >= 11 is 0. The van der Waals surface area contributed by atoms with Crippen molar-refractivity contribution >= 4 is 5.91 Å². The fourth-order valence-electron chi connectivity index (χ4n) is 1.65. The van der Waals surface area contributed by atoms with Crippen LogP contribution in [0, 0.1) is 0 Å². The highest BCUT2D eigenvalue weighted by atomic mass is 16.5. The van der Waals surface area contributed by atoms with Crippen LogP contribution in [-0.2, 0) is 0 Å². The minimum absolute atomic E-state index is 0.0671. The quantitative estimate of drug-likeness (QED) is 0.871. The van der Waals surface area contributed by atoms with Gasteiger partial charge in [0, 0.05) is 18.5 Å². The molecule has 92 valence electrons. The lowest BCUT2D eigenvalue weighted by Crippen LogP contribution is -2.23. The van der Waals surface area contributed by atoms with Crippen molar-refractivity contribution < 1.29 is 14.3 Å². The maximum atomic E-state index is 11.8. The molecule has 1 amide bonds. The molecule has 2 rings (SSSR count). The Hall–Kier alpha value is -1.71. The summed E-state index contributed by atoms with van der Waals surface area (Å²) in [5, 5.41) is 2.84. The Labute approximate surface area is 101 Å². The highest BCUT2D eigenvalue weighted by Gasteiger charge is 2.13. The van der Waals surface area contributed by atoms with Crippen molar-refractivity contribution in [2.75, 3.05) is 19.8 Å². The second-order valence-corrected chi connectivity index (χ2v) is 3.97. The maximum Gasteiger partial charge on any atom is 0.251 e. The standard InChI is InChI=1S/C13H17NO3/c1-2-6-14-13(15)10-4-5-11-12(9-10)17-8-3-7-16-11/h4-5,9H,2-3,6-8H2,1H3,(H,14,15). The van der Waals surface area contributed by atoms with Crippen LogP contribution in [0.4, 0.5) is 0 Å². The number of carbonyl (C=O) groups excluding carboxylic acids is 1. The summed E-state index contributed by atoms with van der Waals surface area (Å²) in [7, 11) is 0. The molecule has 0 atom stereocenters. The second kappa shape index (κ2) is 5.57. The van der Waals surface area contributed by atoms with E-state index in [0.717, 1.165) is 18.6 Å². The summed E-state index contributed by atoms with van der Waals surface area (Å²) < 4.78 is 11.0. The van der Waals surface area contributed by atoms with Gasteiger partial charge in [-0.05, 0) is 24.6 Å². The molecule has 4 nitrogen and oxygen atoms in total. The fraction of sp³-hybridized carbons (Fsp3) is 0.462. The molecule has 4 heteroatoms. The summed E-state index contributed by atoms with van der Waals surface area (Å²) in [5.41, 5.74) is 0.614. The molecule has 1 aromatic rings. The van der Waals surface area contributed by atoms with Crippen molar-refractivity contribution in [3.63, 3.8) is 0 Å². The van der Waals surface area contributed by atoms with Crippen LogP contribution in [0.15, 0.2) is 18.2 Å². The average molecular weight is 235 g/mol. The van der Waals surface area contributed by atoms with Gasteiger partial charge in [-0.2, -0.15) is 0 Å². The molecule has 0 unspecified atom stereocenters. The first-order valence-corrected chi connectivity index (χ1v) is 5.99. The Kier molecular flexibility index (Phi) is 3.85. The van der Waals surface area contributed by atoms with E-state index in [4.69, 9.17) is 9.47 Å². The molecule has 17 heavy (non-hydrogen) atoms.